The van der Waals surface area contributed by atoms with Gasteiger partial charge in [-0.05, 0) is 80.4 Å². The Morgan fingerprint density at radius 2 is 1.41 bits per heavy atom. The van der Waals surface area contributed by atoms with E-state index in [1.807, 2.05) is 85.2 Å². The molecular weight excluding hydrogens is 571 g/mol. The molecule has 0 saturated heterocycles. The second-order valence-electron chi connectivity index (χ2n) is 9.14. The lowest BCUT2D eigenvalue weighted by Gasteiger charge is -2.14. The van der Waals surface area contributed by atoms with E-state index in [2.05, 4.69) is 38.6 Å². The zero-order chi connectivity index (χ0) is 25.1. The van der Waals surface area contributed by atoms with Crippen LogP contribution in [-0.2, 0) is 0 Å². The van der Waals surface area contributed by atoms with Crippen molar-refractivity contribution >= 4 is 65.9 Å². The molecule has 7 rings (SSSR count). The molecule has 4 nitrogen and oxygen atoms in total. The van der Waals surface area contributed by atoms with Crippen LogP contribution in [-0.4, -0.2) is 9.97 Å². The summed E-state index contributed by atoms with van der Waals surface area (Å²) in [5.41, 5.74) is 4.87. The normalized spacial score (nSPS) is 11.6. The maximum atomic E-state index is 14.1. The number of aromatic amines is 2. The second kappa shape index (κ2) is 8.42. The van der Waals surface area contributed by atoms with Gasteiger partial charge in [0, 0.05) is 32.3 Å². The number of hydrogen-bond donors (Lipinski definition) is 2. The van der Waals surface area contributed by atoms with Crippen molar-refractivity contribution in [2.45, 2.75) is 0 Å². The Balaban J connectivity index is 1.65. The molecule has 176 valence electrons. The summed E-state index contributed by atoms with van der Waals surface area (Å²) in [4.78, 5) is 33.9. The van der Waals surface area contributed by atoms with Gasteiger partial charge in [0.15, 0.2) is 10.9 Å². The Hall–Kier alpha value is -4.23. The predicted molar refractivity (Wildman–Crippen MR) is 161 cm³/mol. The number of H-pyrrole nitrogens is 2. The number of nitrogens with one attached hydrogen (secondary N) is 2. The van der Waals surface area contributed by atoms with Crippen molar-refractivity contribution in [1.82, 2.24) is 9.97 Å². The number of pyridine rings is 2. The Morgan fingerprint density at radius 3 is 2.27 bits per heavy atom. The summed E-state index contributed by atoms with van der Waals surface area (Å²) in [7, 11) is 0. The van der Waals surface area contributed by atoms with Crippen molar-refractivity contribution in [3.05, 3.63) is 127 Å². The van der Waals surface area contributed by atoms with Gasteiger partial charge in [-0.25, -0.2) is 0 Å². The maximum Gasteiger partial charge on any atom is 0.196 e. The van der Waals surface area contributed by atoms with Crippen molar-refractivity contribution in [1.29, 1.82) is 0 Å². The van der Waals surface area contributed by atoms with Gasteiger partial charge in [0.1, 0.15) is 0 Å². The molecule has 0 unspecified atom stereocenters. The Bertz CT molecular complexity index is 2140. The van der Waals surface area contributed by atoms with Gasteiger partial charge >= 0.3 is 0 Å². The van der Waals surface area contributed by atoms with Crippen LogP contribution in [0.2, 0.25) is 0 Å². The molecule has 0 saturated carbocycles. The van der Waals surface area contributed by atoms with Gasteiger partial charge in [-0.15, -0.1) is 0 Å². The minimum absolute atomic E-state index is 0.0345. The topological polar surface area (TPSA) is 65.7 Å². The van der Waals surface area contributed by atoms with Gasteiger partial charge in [0.2, 0.25) is 0 Å². The monoisotopic (exact) mass is 590 g/mol. The third kappa shape index (κ3) is 3.34. The molecule has 0 amide bonds. The van der Waals surface area contributed by atoms with Crippen LogP contribution in [0, 0.1) is 3.57 Å². The van der Waals surface area contributed by atoms with Crippen molar-refractivity contribution in [2.24, 2.45) is 0 Å². The van der Waals surface area contributed by atoms with Crippen LogP contribution < -0.4 is 10.9 Å². The first-order chi connectivity index (χ1) is 18.1. The Morgan fingerprint density at radius 1 is 0.568 bits per heavy atom. The zero-order valence-corrected chi connectivity index (χ0v) is 21.7. The molecule has 2 aromatic heterocycles. The summed E-state index contributed by atoms with van der Waals surface area (Å²) in [6.07, 6.45) is 3.67. The van der Waals surface area contributed by atoms with E-state index in [0.29, 0.717) is 16.3 Å². The molecule has 2 heterocycles. The number of halogens is 1. The van der Waals surface area contributed by atoms with E-state index in [1.165, 1.54) is 0 Å². The summed E-state index contributed by atoms with van der Waals surface area (Å²) < 4.78 is 0.996. The van der Waals surface area contributed by atoms with E-state index in [4.69, 9.17) is 0 Å². The first kappa shape index (κ1) is 22.0. The molecule has 0 spiro atoms. The Kier molecular flexibility index (Phi) is 5.01. The number of rotatable bonds is 2. The molecule has 5 heteroatoms. The minimum atomic E-state index is -0.0512. The highest BCUT2D eigenvalue weighted by atomic mass is 127. The van der Waals surface area contributed by atoms with Crippen LogP contribution in [0.4, 0.5) is 0 Å². The molecular formula is C32H19IN2O2. The van der Waals surface area contributed by atoms with E-state index >= 15 is 0 Å². The molecule has 5 aromatic carbocycles. The van der Waals surface area contributed by atoms with Crippen molar-refractivity contribution < 1.29 is 0 Å². The van der Waals surface area contributed by atoms with E-state index in [9.17, 15) is 9.59 Å². The number of hydrogen-bond acceptors (Lipinski definition) is 2. The average Bonchev–Trinajstić information content (AvgIpc) is 2.94. The third-order valence-electron chi connectivity index (χ3n) is 7.10. The van der Waals surface area contributed by atoms with E-state index in [0.717, 1.165) is 52.8 Å². The number of aromatic nitrogens is 2. The standard InChI is InChI=1S/C32H19IN2O2/c33-26-17-25(32(37)29-22(26)12-11-19-8-5-14-34-30(19)29)20-13-15-35-31-24(20)16-23(18-6-2-1-3-7-18)21-9-4-10-27(36)28(21)31/h1-17,34-35H. The van der Waals surface area contributed by atoms with Crippen LogP contribution in [0.25, 0.3) is 65.6 Å². The fourth-order valence-electron chi connectivity index (χ4n) is 5.43. The SMILES string of the molecule is O=c1c(-c2cc[nH]c3c2cc(-c2ccccc2)c2cccc(=O)c23)cc(I)c2ccc3ccc[nH]c3c12. The molecule has 0 fully saturated rings. The molecule has 0 aliphatic rings. The fraction of sp³-hybridized carbons (Fsp3) is 0. The highest BCUT2D eigenvalue weighted by Crippen LogP contribution is 2.37. The number of benzene rings is 5. The quantitative estimate of drug-likeness (QED) is 0.161. The molecule has 0 aliphatic heterocycles. The summed E-state index contributed by atoms with van der Waals surface area (Å²) in [5, 5.41) is 4.94. The molecule has 0 aliphatic carbocycles. The number of fused-ring (bicyclic) bond motifs is 6. The largest absolute Gasteiger partial charge is 0.361 e. The summed E-state index contributed by atoms with van der Waals surface area (Å²) in [6, 6.07) is 29.4. The maximum absolute atomic E-state index is 14.1. The van der Waals surface area contributed by atoms with E-state index in [-0.39, 0.29) is 10.9 Å². The zero-order valence-electron chi connectivity index (χ0n) is 19.5. The first-order valence-corrected chi connectivity index (χ1v) is 13.1. The van der Waals surface area contributed by atoms with Crippen LogP contribution in [0.15, 0.2) is 113 Å². The molecule has 37 heavy (non-hydrogen) atoms. The van der Waals surface area contributed by atoms with Gasteiger partial charge in [-0.1, -0.05) is 60.7 Å². The minimum Gasteiger partial charge on any atom is -0.361 e. The van der Waals surface area contributed by atoms with Crippen molar-refractivity contribution in [3.8, 4) is 22.3 Å². The van der Waals surface area contributed by atoms with E-state index in [1.54, 1.807) is 12.1 Å². The molecule has 0 atom stereocenters. The average molecular weight is 590 g/mol. The lowest BCUT2D eigenvalue weighted by Crippen LogP contribution is -2.08. The summed E-state index contributed by atoms with van der Waals surface area (Å²) >= 11 is 2.31. The van der Waals surface area contributed by atoms with Gasteiger partial charge in [0.05, 0.1) is 21.8 Å². The first-order valence-electron chi connectivity index (χ1n) is 12.0. The van der Waals surface area contributed by atoms with Gasteiger partial charge < -0.3 is 9.97 Å². The van der Waals surface area contributed by atoms with Crippen LogP contribution in [0.5, 0.6) is 0 Å². The highest BCUT2D eigenvalue weighted by Gasteiger charge is 2.18. The lowest BCUT2D eigenvalue weighted by atomic mass is 9.91. The smallest absolute Gasteiger partial charge is 0.196 e. The lowest BCUT2D eigenvalue weighted by molar-refractivity contribution is 1.41. The molecule has 0 radical (unpaired) electrons. The summed E-state index contributed by atoms with van der Waals surface area (Å²) in [6.45, 7) is 0. The molecule has 2 N–H and O–H groups in total. The second-order valence-corrected chi connectivity index (χ2v) is 10.3. The van der Waals surface area contributed by atoms with Gasteiger partial charge in [-0.2, -0.15) is 0 Å². The van der Waals surface area contributed by atoms with Gasteiger partial charge in [0.25, 0.3) is 0 Å². The van der Waals surface area contributed by atoms with Crippen molar-refractivity contribution in [2.75, 3.05) is 0 Å². The molecule has 7 aromatic rings. The van der Waals surface area contributed by atoms with Crippen LogP contribution in [0.1, 0.15) is 0 Å². The van der Waals surface area contributed by atoms with E-state index < -0.39 is 0 Å². The Labute approximate surface area is 224 Å². The molecule has 0 bridgehead atoms. The van der Waals surface area contributed by atoms with Crippen LogP contribution >= 0.6 is 22.6 Å². The predicted octanol–water partition coefficient (Wildman–Crippen LogP) is 7.61. The van der Waals surface area contributed by atoms with Crippen LogP contribution in [0.3, 0.4) is 0 Å². The van der Waals surface area contributed by atoms with Gasteiger partial charge in [-0.3, -0.25) is 9.59 Å². The fourth-order valence-corrected chi connectivity index (χ4v) is 6.19. The van der Waals surface area contributed by atoms with Crippen molar-refractivity contribution in [3.63, 3.8) is 0 Å². The highest BCUT2D eigenvalue weighted by molar-refractivity contribution is 14.1. The summed E-state index contributed by atoms with van der Waals surface area (Å²) in [5.74, 6) is 0. The third-order valence-corrected chi connectivity index (χ3v) is 8.00.